The van der Waals surface area contributed by atoms with Crippen LogP contribution in [0.5, 0.6) is 0 Å². The first-order valence-corrected chi connectivity index (χ1v) is 8.63. The second kappa shape index (κ2) is 7.02. The van der Waals surface area contributed by atoms with E-state index in [1.54, 1.807) is 16.8 Å². The summed E-state index contributed by atoms with van der Waals surface area (Å²) in [4.78, 5) is 13.2. The lowest BCUT2D eigenvalue weighted by Gasteiger charge is -2.21. The van der Waals surface area contributed by atoms with Gasteiger partial charge in [-0.15, -0.1) is 21.5 Å². The van der Waals surface area contributed by atoms with E-state index in [4.69, 9.17) is 0 Å². The fourth-order valence-corrected chi connectivity index (χ4v) is 3.85. The summed E-state index contributed by atoms with van der Waals surface area (Å²) in [6.07, 6.45) is 0. The summed E-state index contributed by atoms with van der Waals surface area (Å²) >= 11 is 4.55. The number of nitrogens with zero attached hydrogens (tertiary/aromatic N) is 2. The third-order valence-corrected chi connectivity index (χ3v) is 5.32. The number of thioether (sulfide) groups is 1. The number of hydrogen-bond acceptors (Lipinski definition) is 6. The SMILES string of the molecule is CC(C)C(NC(=O)CSc1nncs1)c1cccs1. The van der Waals surface area contributed by atoms with Crippen LogP contribution in [0.25, 0.3) is 0 Å². The van der Waals surface area contributed by atoms with E-state index >= 15 is 0 Å². The standard InChI is InChI=1S/C12H15N3OS3/c1-8(2)11(9-4-3-5-17-9)14-10(16)6-18-12-15-13-7-19-12/h3-5,7-8,11H,6H2,1-2H3,(H,14,16). The molecule has 1 N–H and O–H groups in total. The molecule has 0 fully saturated rings. The second-order valence-corrected chi connectivity index (χ2v) is 7.33. The molecule has 0 saturated heterocycles. The molecule has 102 valence electrons. The molecule has 2 aromatic heterocycles. The van der Waals surface area contributed by atoms with E-state index < -0.39 is 0 Å². The van der Waals surface area contributed by atoms with Gasteiger partial charge in [-0.3, -0.25) is 4.79 Å². The van der Waals surface area contributed by atoms with Gasteiger partial charge in [0.2, 0.25) is 5.91 Å². The molecule has 1 unspecified atom stereocenters. The molecule has 0 aromatic carbocycles. The van der Waals surface area contributed by atoms with Crippen molar-refractivity contribution in [2.75, 3.05) is 5.75 Å². The Bertz CT molecular complexity index is 496. The summed E-state index contributed by atoms with van der Waals surface area (Å²) < 4.78 is 0.826. The zero-order chi connectivity index (χ0) is 13.7. The molecule has 2 rings (SSSR count). The molecule has 0 aliphatic carbocycles. The first kappa shape index (κ1) is 14.5. The molecule has 0 radical (unpaired) electrons. The smallest absolute Gasteiger partial charge is 0.230 e. The maximum absolute atomic E-state index is 12.0. The predicted octanol–water partition coefficient (Wildman–Crippen LogP) is 3.21. The van der Waals surface area contributed by atoms with Gasteiger partial charge in [0, 0.05) is 4.88 Å². The third-order valence-electron chi connectivity index (χ3n) is 2.50. The number of amides is 1. The van der Waals surface area contributed by atoms with E-state index in [9.17, 15) is 4.79 Å². The van der Waals surface area contributed by atoms with Crippen LogP contribution in [0.1, 0.15) is 24.8 Å². The average molecular weight is 313 g/mol. The molecule has 0 aliphatic rings. The Morgan fingerprint density at radius 1 is 1.47 bits per heavy atom. The molecule has 1 amide bonds. The van der Waals surface area contributed by atoms with Gasteiger partial charge in [-0.2, -0.15) is 0 Å². The highest BCUT2D eigenvalue weighted by molar-refractivity contribution is 8.01. The van der Waals surface area contributed by atoms with Crippen LogP contribution in [0.2, 0.25) is 0 Å². The number of carbonyl (C=O) groups is 1. The van der Waals surface area contributed by atoms with E-state index in [0.717, 1.165) is 4.34 Å². The van der Waals surface area contributed by atoms with Crippen molar-refractivity contribution >= 4 is 40.3 Å². The minimum Gasteiger partial charge on any atom is -0.347 e. The lowest BCUT2D eigenvalue weighted by atomic mass is 10.0. The van der Waals surface area contributed by atoms with Crippen molar-refractivity contribution in [3.8, 4) is 0 Å². The molecule has 0 saturated carbocycles. The summed E-state index contributed by atoms with van der Waals surface area (Å²) in [5.41, 5.74) is 1.67. The number of hydrogen-bond donors (Lipinski definition) is 1. The van der Waals surface area contributed by atoms with Crippen molar-refractivity contribution in [1.29, 1.82) is 0 Å². The van der Waals surface area contributed by atoms with Gasteiger partial charge in [0.1, 0.15) is 5.51 Å². The number of aromatic nitrogens is 2. The van der Waals surface area contributed by atoms with E-state index in [1.807, 2.05) is 11.4 Å². The van der Waals surface area contributed by atoms with Crippen LogP contribution in [0.3, 0.4) is 0 Å². The zero-order valence-electron chi connectivity index (χ0n) is 10.7. The van der Waals surface area contributed by atoms with Crippen molar-refractivity contribution in [3.63, 3.8) is 0 Å². The summed E-state index contributed by atoms with van der Waals surface area (Å²) in [5.74, 6) is 0.783. The van der Waals surface area contributed by atoms with Gasteiger partial charge in [-0.1, -0.05) is 43.0 Å². The summed E-state index contributed by atoms with van der Waals surface area (Å²) in [5, 5.41) is 12.8. The van der Waals surface area contributed by atoms with E-state index in [0.29, 0.717) is 11.7 Å². The Morgan fingerprint density at radius 3 is 2.89 bits per heavy atom. The minimum absolute atomic E-state index is 0.0345. The van der Waals surface area contributed by atoms with Crippen molar-refractivity contribution in [3.05, 3.63) is 27.9 Å². The molecule has 7 heteroatoms. The summed E-state index contributed by atoms with van der Waals surface area (Å²) in [7, 11) is 0. The predicted molar refractivity (Wildman–Crippen MR) is 80.7 cm³/mol. The Balaban J connectivity index is 1.89. The normalized spacial score (nSPS) is 12.6. The summed E-state index contributed by atoms with van der Waals surface area (Å²) in [6, 6.07) is 4.16. The number of rotatable bonds is 6. The van der Waals surface area contributed by atoms with Gasteiger partial charge in [-0.25, -0.2) is 0 Å². The minimum atomic E-state index is 0.0345. The quantitative estimate of drug-likeness (QED) is 0.832. The first-order valence-electron chi connectivity index (χ1n) is 5.88. The van der Waals surface area contributed by atoms with Crippen LogP contribution in [0.15, 0.2) is 27.4 Å². The van der Waals surface area contributed by atoms with Gasteiger partial charge >= 0.3 is 0 Å². The van der Waals surface area contributed by atoms with Crippen LogP contribution < -0.4 is 5.32 Å². The van der Waals surface area contributed by atoms with Gasteiger partial charge in [0.05, 0.1) is 11.8 Å². The molecule has 0 aliphatic heterocycles. The molecule has 0 spiro atoms. The lowest BCUT2D eigenvalue weighted by Crippen LogP contribution is -2.32. The van der Waals surface area contributed by atoms with Gasteiger partial charge in [0.15, 0.2) is 4.34 Å². The molecule has 2 aromatic rings. The zero-order valence-corrected chi connectivity index (χ0v) is 13.1. The maximum atomic E-state index is 12.0. The number of carbonyl (C=O) groups excluding carboxylic acids is 1. The molecular weight excluding hydrogens is 298 g/mol. The van der Waals surface area contributed by atoms with E-state index in [2.05, 4.69) is 35.4 Å². The van der Waals surface area contributed by atoms with Crippen LogP contribution >= 0.6 is 34.4 Å². The third kappa shape index (κ3) is 4.29. The van der Waals surface area contributed by atoms with E-state index in [1.165, 1.54) is 28.0 Å². The van der Waals surface area contributed by atoms with Gasteiger partial charge in [0.25, 0.3) is 0 Å². The van der Waals surface area contributed by atoms with Crippen LogP contribution in [0.4, 0.5) is 0 Å². The molecule has 4 nitrogen and oxygen atoms in total. The van der Waals surface area contributed by atoms with Crippen molar-refractivity contribution < 1.29 is 4.79 Å². The topological polar surface area (TPSA) is 54.9 Å². The average Bonchev–Trinajstić information content (AvgIpc) is 3.05. The molecular formula is C12H15N3OS3. The van der Waals surface area contributed by atoms with Crippen LogP contribution in [-0.2, 0) is 4.79 Å². The lowest BCUT2D eigenvalue weighted by molar-refractivity contribution is -0.119. The van der Waals surface area contributed by atoms with Crippen LogP contribution in [-0.4, -0.2) is 21.9 Å². The number of nitrogens with one attached hydrogen (secondary N) is 1. The monoisotopic (exact) mass is 313 g/mol. The highest BCUT2D eigenvalue weighted by atomic mass is 32.2. The molecule has 1 atom stereocenters. The van der Waals surface area contributed by atoms with Crippen molar-refractivity contribution in [2.24, 2.45) is 5.92 Å². The van der Waals surface area contributed by atoms with Gasteiger partial charge < -0.3 is 5.32 Å². The van der Waals surface area contributed by atoms with E-state index in [-0.39, 0.29) is 11.9 Å². The van der Waals surface area contributed by atoms with Crippen LogP contribution in [0, 0.1) is 5.92 Å². The van der Waals surface area contributed by atoms with Gasteiger partial charge in [-0.05, 0) is 17.4 Å². The van der Waals surface area contributed by atoms with Crippen molar-refractivity contribution in [2.45, 2.75) is 24.2 Å². The number of thiophene rings is 1. The largest absolute Gasteiger partial charge is 0.347 e. The Kier molecular flexibility index (Phi) is 5.35. The Hall–Kier alpha value is -0.920. The molecule has 19 heavy (non-hydrogen) atoms. The summed E-state index contributed by atoms with van der Waals surface area (Å²) in [6.45, 7) is 4.23. The van der Waals surface area contributed by atoms with Crippen molar-refractivity contribution in [1.82, 2.24) is 15.5 Å². The highest BCUT2D eigenvalue weighted by Crippen LogP contribution is 2.26. The fourth-order valence-electron chi connectivity index (χ4n) is 1.60. The Morgan fingerprint density at radius 2 is 2.32 bits per heavy atom. The molecule has 2 heterocycles. The molecule has 0 bridgehead atoms. The maximum Gasteiger partial charge on any atom is 0.230 e. The fraction of sp³-hybridized carbons (Fsp3) is 0.417. The Labute approximate surface area is 124 Å². The first-order chi connectivity index (χ1) is 9.16. The highest BCUT2D eigenvalue weighted by Gasteiger charge is 2.19. The second-order valence-electron chi connectivity index (χ2n) is 4.30.